The maximum absolute atomic E-state index is 13.3. The summed E-state index contributed by atoms with van der Waals surface area (Å²) in [6, 6.07) is 12.7. The number of rotatable bonds is 2. The summed E-state index contributed by atoms with van der Waals surface area (Å²) in [6.45, 7) is 1.80. The maximum atomic E-state index is 13.3. The van der Waals surface area contributed by atoms with Crippen LogP contribution in [0.5, 0.6) is 0 Å². The van der Waals surface area contributed by atoms with Crippen LogP contribution in [0.25, 0.3) is 33.1 Å². The molecule has 4 heterocycles. The zero-order valence-electron chi connectivity index (χ0n) is 17.7. The van der Waals surface area contributed by atoms with Gasteiger partial charge in [-0.3, -0.25) is 4.79 Å². The molecule has 6 rings (SSSR count). The highest BCUT2D eigenvalue weighted by Crippen LogP contribution is 2.39. The van der Waals surface area contributed by atoms with Crippen molar-refractivity contribution in [2.75, 3.05) is 0 Å². The van der Waals surface area contributed by atoms with Crippen LogP contribution in [0.15, 0.2) is 47.3 Å². The molecule has 33 heavy (non-hydrogen) atoms. The monoisotopic (exact) mass is 442 g/mol. The largest absolute Gasteiger partial charge is 0.488 e. The standard InChI is InChI=1S/C24H19BN2O6/c1-2-24(30)18-9-20-21-13(10-27(20)22(28)17(18)11-33-23(24)29)7-16-15-8-14(25(31)32)5-3-12(15)4-6-19(16)26-21/h3-9,30-32H,2,10-11H2,1H3/t24-/m0/s1. The maximum Gasteiger partial charge on any atom is 0.488 e. The molecule has 0 unspecified atom stereocenters. The van der Waals surface area contributed by atoms with Crippen molar-refractivity contribution in [3.63, 3.8) is 0 Å². The number of aliphatic hydroxyl groups is 1. The highest BCUT2D eigenvalue weighted by atomic mass is 16.6. The van der Waals surface area contributed by atoms with Crippen molar-refractivity contribution in [3.8, 4) is 11.4 Å². The van der Waals surface area contributed by atoms with Crippen molar-refractivity contribution in [3.05, 3.63) is 69.5 Å². The van der Waals surface area contributed by atoms with Gasteiger partial charge in [0.25, 0.3) is 5.56 Å². The van der Waals surface area contributed by atoms with Crippen molar-refractivity contribution < 1.29 is 24.7 Å². The Hall–Kier alpha value is -3.53. The molecule has 4 aromatic rings. The van der Waals surface area contributed by atoms with E-state index in [-0.39, 0.29) is 29.7 Å². The second-order valence-corrected chi connectivity index (χ2v) is 8.59. The number of aromatic nitrogens is 2. The van der Waals surface area contributed by atoms with Gasteiger partial charge in [-0.1, -0.05) is 31.2 Å². The predicted octanol–water partition coefficient (Wildman–Crippen LogP) is 0.913. The fourth-order valence-corrected chi connectivity index (χ4v) is 4.96. The SMILES string of the molecule is CC[C@@]1(O)C(=O)OCc2c1cc1n(c2=O)Cc2cc3c(ccc4ccc(B(O)O)cc43)nc2-1. The second kappa shape index (κ2) is 6.74. The first-order chi connectivity index (χ1) is 15.8. The zero-order valence-corrected chi connectivity index (χ0v) is 17.7. The minimum atomic E-state index is -1.86. The number of hydrogen-bond acceptors (Lipinski definition) is 7. The lowest BCUT2D eigenvalue weighted by Gasteiger charge is -2.31. The third-order valence-electron chi connectivity index (χ3n) is 6.83. The fraction of sp³-hybridized carbons (Fsp3) is 0.208. The van der Waals surface area contributed by atoms with Gasteiger partial charge in [0.05, 0.1) is 29.0 Å². The van der Waals surface area contributed by atoms with Crippen LogP contribution >= 0.6 is 0 Å². The Labute approximate surface area is 187 Å². The van der Waals surface area contributed by atoms with Crippen molar-refractivity contribution >= 4 is 40.2 Å². The molecule has 0 aliphatic carbocycles. The van der Waals surface area contributed by atoms with Gasteiger partial charge in [0.15, 0.2) is 5.60 Å². The Bertz CT molecular complexity index is 1580. The topological polar surface area (TPSA) is 122 Å². The van der Waals surface area contributed by atoms with Crippen molar-refractivity contribution in [2.45, 2.75) is 32.1 Å². The molecular weight excluding hydrogens is 423 g/mol. The van der Waals surface area contributed by atoms with Crippen LogP contribution in [-0.4, -0.2) is 37.8 Å². The van der Waals surface area contributed by atoms with E-state index >= 15 is 0 Å². The first-order valence-corrected chi connectivity index (χ1v) is 10.7. The zero-order chi connectivity index (χ0) is 23.1. The van der Waals surface area contributed by atoms with E-state index in [0.717, 1.165) is 21.7 Å². The number of benzene rings is 2. The van der Waals surface area contributed by atoms with Gasteiger partial charge in [-0.15, -0.1) is 0 Å². The van der Waals surface area contributed by atoms with E-state index in [4.69, 9.17) is 9.72 Å². The molecule has 0 radical (unpaired) electrons. The fourth-order valence-electron chi connectivity index (χ4n) is 4.96. The summed E-state index contributed by atoms with van der Waals surface area (Å²) in [4.78, 5) is 30.4. The first-order valence-electron chi connectivity index (χ1n) is 10.7. The molecular formula is C24H19BN2O6. The Balaban J connectivity index is 1.61. The Morgan fingerprint density at radius 3 is 2.67 bits per heavy atom. The molecule has 0 fully saturated rings. The lowest BCUT2D eigenvalue weighted by atomic mass is 9.79. The highest BCUT2D eigenvalue weighted by molar-refractivity contribution is 6.59. The number of carbonyl (C=O) groups excluding carboxylic acids is 1. The molecule has 2 aliphatic heterocycles. The number of fused-ring (bicyclic) bond motifs is 7. The third kappa shape index (κ3) is 2.67. The molecule has 0 saturated carbocycles. The molecule has 3 N–H and O–H groups in total. The summed E-state index contributed by atoms with van der Waals surface area (Å²) in [6.07, 6.45) is 0.0881. The predicted molar refractivity (Wildman–Crippen MR) is 122 cm³/mol. The van der Waals surface area contributed by atoms with Crippen molar-refractivity contribution in [2.24, 2.45) is 0 Å². The Morgan fingerprint density at radius 2 is 1.91 bits per heavy atom. The molecule has 2 aromatic carbocycles. The smallest absolute Gasteiger partial charge is 0.458 e. The summed E-state index contributed by atoms with van der Waals surface area (Å²) in [5.41, 5.74) is 1.48. The van der Waals surface area contributed by atoms with E-state index in [2.05, 4.69) is 0 Å². The van der Waals surface area contributed by atoms with Gasteiger partial charge in [0.2, 0.25) is 0 Å². The molecule has 2 aromatic heterocycles. The molecule has 9 heteroatoms. The van der Waals surface area contributed by atoms with Crippen LogP contribution in [0, 0.1) is 0 Å². The number of nitrogens with zero attached hydrogens (tertiary/aromatic N) is 2. The van der Waals surface area contributed by atoms with Crippen molar-refractivity contribution in [1.82, 2.24) is 9.55 Å². The highest BCUT2D eigenvalue weighted by Gasteiger charge is 2.45. The lowest BCUT2D eigenvalue weighted by Crippen LogP contribution is -2.44. The van der Waals surface area contributed by atoms with Crippen LogP contribution in [0.4, 0.5) is 0 Å². The van der Waals surface area contributed by atoms with Crippen LogP contribution < -0.4 is 11.0 Å². The van der Waals surface area contributed by atoms with Crippen LogP contribution in [0.1, 0.15) is 30.0 Å². The normalized spacial score (nSPS) is 18.7. The summed E-state index contributed by atoms with van der Waals surface area (Å²) in [7, 11) is -1.58. The van der Waals surface area contributed by atoms with E-state index in [1.165, 1.54) is 0 Å². The van der Waals surface area contributed by atoms with Gasteiger partial charge in [0.1, 0.15) is 6.61 Å². The second-order valence-electron chi connectivity index (χ2n) is 8.59. The third-order valence-corrected chi connectivity index (χ3v) is 6.83. The van der Waals surface area contributed by atoms with Gasteiger partial charge < -0.3 is 24.5 Å². The van der Waals surface area contributed by atoms with Gasteiger partial charge in [0, 0.05) is 16.5 Å². The molecule has 0 saturated heterocycles. The van der Waals surface area contributed by atoms with Gasteiger partial charge in [-0.2, -0.15) is 0 Å². The average Bonchev–Trinajstić information content (AvgIpc) is 3.18. The quantitative estimate of drug-likeness (QED) is 0.211. The molecule has 1 atom stereocenters. The van der Waals surface area contributed by atoms with Crippen LogP contribution in [0.3, 0.4) is 0 Å². The number of carbonyl (C=O) groups is 1. The number of ether oxygens (including phenoxy) is 1. The number of esters is 1. The summed E-state index contributed by atoms with van der Waals surface area (Å²) >= 11 is 0. The van der Waals surface area contributed by atoms with E-state index < -0.39 is 18.7 Å². The van der Waals surface area contributed by atoms with Gasteiger partial charge >= 0.3 is 13.1 Å². The average molecular weight is 442 g/mol. The molecule has 0 bridgehead atoms. The molecule has 0 amide bonds. The first kappa shape index (κ1) is 20.1. The van der Waals surface area contributed by atoms with Gasteiger partial charge in [-0.05, 0) is 40.9 Å². The number of cyclic esters (lactones) is 1. The molecule has 0 spiro atoms. The van der Waals surface area contributed by atoms with Crippen molar-refractivity contribution in [1.29, 1.82) is 0 Å². The van der Waals surface area contributed by atoms with E-state index in [1.807, 2.05) is 24.3 Å². The molecule has 2 aliphatic rings. The summed E-state index contributed by atoms with van der Waals surface area (Å²) in [5.74, 6) is -0.750. The molecule has 164 valence electrons. The summed E-state index contributed by atoms with van der Waals surface area (Å²) in [5, 5.41) is 32.8. The van der Waals surface area contributed by atoms with E-state index in [1.54, 1.807) is 29.7 Å². The number of hydrogen-bond donors (Lipinski definition) is 3. The lowest BCUT2D eigenvalue weighted by molar-refractivity contribution is -0.172. The van der Waals surface area contributed by atoms with Gasteiger partial charge in [-0.25, -0.2) is 9.78 Å². The number of pyridine rings is 2. The van der Waals surface area contributed by atoms with Crippen LogP contribution in [-0.2, 0) is 28.3 Å². The van der Waals surface area contributed by atoms with E-state index in [0.29, 0.717) is 28.9 Å². The molecule has 8 nitrogen and oxygen atoms in total. The Kier molecular flexibility index (Phi) is 4.11. The Morgan fingerprint density at radius 1 is 1.12 bits per heavy atom. The summed E-state index contributed by atoms with van der Waals surface area (Å²) < 4.78 is 6.70. The minimum absolute atomic E-state index is 0.0881. The van der Waals surface area contributed by atoms with E-state index in [9.17, 15) is 24.7 Å². The van der Waals surface area contributed by atoms with Crippen LogP contribution in [0.2, 0.25) is 0 Å². The minimum Gasteiger partial charge on any atom is -0.458 e.